The molecule has 0 radical (unpaired) electrons. The molecular formula is C14H19ClN2OS. The minimum Gasteiger partial charge on any atom is -0.338 e. The second kappa shape index (κ2) is 7.17. The molecule has 1 aliphatic heterocycles. The number of benzene rings is 1. The van der Waals surface area contributed by atoms with E-state index in [1.807, 2.05) is 36.2 Å². The van der Waals surface area contributed by atoms with Gasteiger partial charge in [0.25, 0.3) is 0 Å². The van der Waals surface area contributed by atoms with Gasteiger partial charge < -0.3 is 10.2 Å². The van der Waals surface area contributed by atoms with E-state index in [1.165, 1.54) is 11.8 Å². The lowest BCUT2D eigenvalue weighted by Crippen LogP contribution is -2.41. The van der Waals surface area contributed by atoms with Gasteiger partial charge in [-0.15, -0.1) is 11.8 Å². The predicted molar refractivity (Wildman–Crippen MR) is 80.8 cm³/mol. The number of nitrogens with one attached hydrogen (secondary N) is 1. The van der Waals surface area contributed by atoms with Crippen molar-refractivity contribution in [1.29, 1.82) is 0 Å². The predicted octanol–water partition coefficient (Wildman–Crippen LogP) is 2.64. The quantitative estimate of drug-likeness (QED) is 0.848. The zero-order chi connectivity index (χ0) is 13.7. The van der Waals surface area contributed by atoms with Gasteiger partial charge in [-0.25, -0.2) is 0 Å². The van der Waals surface area contributed by atoms with Crippen LogP contribution in [0, 0.1) is 0 Å². The fourth-order valence-electron chi connectivity index (χ4n) is 2.40. The first kappa shape index (κ1) is 14.7. The Labute approximate surface area is 123 Å². The van der Waals surface area contributed by atoms with Gasteiger partial charge in [-0.05, 0) is 32.0 Å². The van der Waals surface area contributed by atoms with Crippen molar-refractivity contribution in [2.24, 2.45) is 0 Å². The summed E-state index contributed by atoms with van der Waals surface area (Å²) in [5.41, 5.74) is 0. The lowest BCUT2D eigenvalue weighted by Gasteiger charge is -2.24. The summed E-state index contributed by atoms with van der Waals surface area (Å²) in [6, 6.07) is 8.00. The Morgan fingerprint density at radius 2 is 2.32 bits per heavy atom. The van der Waals surface area contributed by atoms with Crippen LogP contribution in [-0.4, -0.2) is 42.7 Å². The normalized spacial score (nSPS) is 18.8. The fourth-order valence-corrected chi connectivity index (χ4v) is 3.52. The average molecular weight is 299 g/mol. The number of thioether (sulfide) groups is 1. The van der Waals surface area contributed by atoms with Gasteiger partial charge in [0, 0.05) is 24.0 Å². The molecule has 1 fully saturated rings. The summed E-state index contributed by atoms with van der Waals surface area (Å²) in [4.78, 5) is 15.2. The van der Waals surface area contributed by atoms with E-state index in [-0.39, 0.29) is 5.91 Å². The third kappa shape index (κ3) is 3.88. The maximum absolute atomic E-state index is 12.2. The fraction of sp³-hybridized carbons (Fsp3) is 0.500. The van der Waals surface area contributed by atoms with Gasteiger partial charge >= 0.3 is 0 Å². The highest BCUT2D eigenvalue weighted by Crippen LogP contribution is 2.27. The van der Waals surface area contributed by atoms with E-state index in [2.05, 4.69) is 5.32 Å². The highest BCUT2D eigenvalue weighted by atomic mass is 35.5. The second-order valence-electron chi connectivity index (χ2n) is 4.66. The third-order valence-electron chi connectivity index (χ3n) is 3.33. The molecule has 1 aliphatic rings. The first-order valence-electron chi connectivity index (χ1n) is 6.53. The van der Waals surface area contributed by atoms with Gasteiger partial charge in [-0.1, -0.05) is 23.7 Å². The molecule has 1 aromatic carbocycles. The molecule has 5 heteroatoms. The minimum absolute atomic E-state index is 0.211. The number of carbonyl (C=O) groups is 1. The van der Waals surface area contributed by atoms with E-state index in [0.717, 1.165) is 30.8 Å². The van der Waals surface area contributed by atoms with Crippen LogP contribution in [0.3, 0.4) is 0 Å². The van der Waals surface area contributed by atoms with Crippen LogP contribution >= 0.6 is 23.4 Å². The molecule has 0 aromatic heterocycles. The first-order valence-corrected chi connectivity index (χ1v) is 7.90. The number of hydrogen-bond acceptors (Lipinski definition) is 3. The molecule has 0 aliphatic carbocycles. The Balaban J connectivity index is 1.89. The number of carbonyl (C=O) groups excluding carboxylic acids is 1. The number of likely N-dealkylation sites (tertiary alicyclic amines) is 1. The summed E-state index contributed by atoms with van der Waals surface area (Å²) >= 11 is 7.61. The zero-order valence-corrected chi connectivity index (χ0v) is 12.6. The van der Waals surface area contributed by atoms with Crippen LogP contribution < -0.4 is 5.32 Å². The Kier molecular flexibility index (Phi) is 5.55. The van der Waals surface area contributed by atoms with Crippen molar-refractivity contribution in [1.82, 2.24) is 10.2 Å². The van der Waals surface area contributed by atoms with Gasteiger partial charge in [0.1, 0.15) is 0 Å². The van der Waals surface area contributed by atoms with Crippen LogP contribution in [-0.2, 0) is 4.79 Å². The molecule has 1 N–H and O–H groups in total. The van der Waals surface area contributed by atoms with Crippen molar-refractivity contribution in [3.63, 3.8) is 0 Å². The molecule has 1 saturated heterocycles. The summed E-state index contributed by atoms with van der Waals surface area (Å²) < 4.78 is 0. The summed E-state index contributed by atoms with van der Waals surface area (Å²) in [6.07, 6.45) is 2.21. The van der Waals surface area contributed by atoms with Crippen molar-refractivity contribution in [2.45, 2.75) is 23.8 Å². The van der Waals surface area contributed by atoms with E-state index in [0.29, 0.717) is 16.8 Å². The Hall–Kier alpha value is -0.710. The van der Waals surface area contributed by atoms with E-state index in [1.54, 1.807) is 0 Å². The zero-order valence-electron chi connectivity index (χ0n) is 11.1. The largest absolute Gasteiger partial charge is 0.338 e. The molecular weight excluding hydrogens is 280 g/mol. The maximum atomic E-state index is 12.2. The summed E-state index contributed by atoms with van der Waals surface area (Å²) in [5, 5.41) is 3.87. The Morgan fingerprint density at radius 3 is 3.05 bits per heavy atom. The number of likely N-dealkylation sites (N-methyl/N-ethyl adjacent to an activating group) is 1. The smallest absolute Gasteiger partial charge is 0.233 e. The standard InChI is InChI=1S/C14H19ClN2OS/c1-16-9-11-5-4-8-17(11)14(18)10-19-13-7-3-2-6-12(13)15/h2-3,6-7,11,16H,4-5,8-10H2,1H3. The Bertz CT molecular complexity index is 441. The van der Waals surface area contributed by atoms with E-state index in [9.17, 15) is 4.79 Å². The van der Waals surface area contributed by atoms with E-state index < -0.39 is 0 Å². The van der Waals surface area contributed by atoms with Crippen molar-refractivity contribution in [2.75, 3.05) is 25.9 Å². The molecule has 1 atom stereocenters. The minimum atomic E-state index is 0.211. The van der Waals surface area contributed by atoms with Gasteiger partial charge in [-0.3, -0.25) is 4.79 Å². The highest BCUT2D eigenvalue weighted by molar-refractivity contribution is 8.00. The topological polar surface area (TPSA) is 32.3 Å². The van der Waals surface area contributed by atoms with E-state index in [4.69, 9.17) is 11.6 Å². The molecule has 1 heterocycles. The number of amides is 1. The van der Waals surface area contributed by atoms with E-state index >= 15 is 0 Å². The van der Waals surface area contributed by atoms with Crippen molar-refractivity contribution in [3.05, 3.63) is 29.3 Å². The summed E-state index contributed by atoms with van der Waals surface area (Å²) in [7, 11) is 1.93. The molecule has 0 spiro atoms. The molecule has 0 bridgehead atoms. The number of halogens is 1. The molecule has 104 valence electrons. The maximum Gasteiger partial charge on any atom is 0.233 e. The van der Waals surface area contributed by atoms with Crippen molar-refractivity contribution < 1.29 is 4.79 Å². The number of nitrogens with zero attached hydrogens (tertiary/aromatic N) is 1. The average Bonchev–Trinajstić information content (AvgIpc) is 2.86. The van der Waals surface area contributed by atoms with Crippen LogP contribution in [0.15, 0.2) is 29.2 Å². The molecule has 1 amide bonds. The van der Waals surface area contributed by atoms with Gasteiger partial charge in [-0.2, -0.15) is 0 Å². The summed E-state index contributed by atoms with van der Waals surface area (Å²) in [6.45, 7) is 1.76. The van der Waals surface area contributed by atoms with Crippen LogP contribution in [0.5, 0.6) is 0 Å². The van der Waals surface area contributed by atoms with Crippen molar-refractivity contribution >= 4 is 29.3 Å². The molecule has 1 aromatic rings. The van der Waals surface area contributed by atoms with Crippen molar-refractivity contribution in [3.8, 4) is 0 Å². The van der Waals surface area contributed by atoms with Crippen LogP contribution in [0.25, 0.3) is 0 Å². The third-order valence-corrected chi connectivity index (χ3v) is 4.82. The SMILES string of the molecule is CNCC1CCCN1C(=O)CSc1ccccc1Cl. The molecule has 3 nitrogen and oxygen atoms in total. The first-order chi connectivity index (χ1) is 9.22. The Morgan fingerprint density at radius 1 is 1.53 bits per heavy atom. The van der Waals surface area contributed by atoms with Gasteiger partial charge in [0.2, 0.25) is 5.91 Å². The molecule has 2 rings (SSSR count). The molecule has 19 heavy (non-hydrogen) atoms. The molecule has 0 saturated carbocycles. The molecule has 1 unspecified atom stereocenters. The van der Waals surface area contributed by atoms with Crippen LogP contribution in [0.1, 0.15) is 12.8 Å². The second-order valence-corrected chi connectivity index (χ2v) is 6.08. The van der Waals surface area contributed by atoms with Gasteiger partial charge in [0.15, 0.2) is 0 Å². The lowest BCUT2D eigenvalue weighted by atomic mass is 10.2. The number of rotatable bonds is 5. The van der Waals surface area contributed by atoms with Crippen LogP contribution in [0.4, 0.5) is 0 Å². The highest BCUT2D eigenvalue weighted by Gasteiger charge is 2.27. The number of hydrogen-bond donors (Lipinski definition) is 1. The summed E-state index contributed by atoms with van der Waals surface area (Å²) in [5.74, 6) is 0.673. The lowest BCUT2D eigenvalue weighted by molar-refractivity contribution is -0.129. The van der Waals surface area contributed by atoms with Gasteiger partial charge in [0.05, 0.1) is 10.8 Å². The monoisotopic (exact) mass is 298 g/mol. The van der Waals surface area contributed by atoms with Crippen LogP contribution in [0.2, 0.25) is 5.02 Å².